The van der Waals surface area contributed by atoms with Gasteiger partial charge in [-0.05, 0) is 47.9 Å². The normalized spacial score (nSPS) is 17.6. The van der Waals surface area contributed by atoms with Crippen LogP contribution in [0, 0.1) is 0 Å². The van der Waals surface area contributed by atoms with Gasteiger partial charge in [0, 0.05) is 16.6 Å². The summed E-state index contributed by atoms with van der Waals surface area (Å²) in [4.78, 5) is 15.1. The zero-order chi connectivity index (χ0) is 21.1. The van der Waals surface area contributed by atoms with Gasteiger partial charge < -0.3 is 0 Å². The molecule has 1 saturated heterocycles. The van der Waals surface area contributed by atoms with Gasteiger partial charge in [0.1, 0.15) is 6.17 Å². The van der Waals surface area contributed by atoms with Crippen LogP contribution in [0.15, 0.2) is 84.0 Å². The lowest BCUT2D eigenvalue weighted by atomic mass is 10.1. The Labute approximate surface area is 186 Å². The third kappa shape index (κ3) is 4.57. The van der Waals surface area contributed by atoms with Gasteiger partial charge in [-0.2, -0.15) is 5.10 Å². The Balaban J connectivity index is 1.71. The monoisotopic (exact) mass is 437 g/mol. The van der Waals surface area contributed by atoms with E-state index in [2.05, 4.69) is 17.0 Å². The Morgan fingerprint density at radius 1 is 0.967 bits per heavy atom. The molecule has 1 fully saturated rings. The van der Waals surface area contributed by atoms with Gasteiger partial charge in [0.15, 0.2) is 0 Å². The van der Waals surface area contributed by atoms with Gasteiger partial charge in [-0.25, -0.2) is 5.01 Å². The van der Waals surface area contributed by atoms with E-state index in [4.69, 9.17) is 28.3 Å². The minimum atomic E-state index is -0.335. The molecule has 3 aromatic rings. The molecule has 0 aliphatic carbocycles. The van der Waals surface area contributed by atoms with E-state index < -0.39 is 0 Å². The number of carbonyl (C=O) groups excluding carboxylic acids is 1. The highest BCUT2D eigenvalue weighted by Crippen LogP contribution is 2.34. The second-order valence-electron chi connectivity index (χ2n) is 7.25. The van der Waals surface area contributed by atoms with E-state index in [0.29, 0.717) is 16.6 Å². The molecule has 0 spiro atoms. The quantitative estimate of drug-likeness (QED) is 0.475. The van der Waals surface area contributed by atoms with E-state index in [9.17, 15) is 4.79 Å². The number of amides is 1. The molecule has 4 rings (SSSR count). The van der Waals surface area contributed by atoms with E-state index in [1.807, 2.05) is 73.7 Å². The van der Waals surface area contributed by atoms with Gasteiger partial charge in [-0.15, -0.1) is 0 Å². The molecule has 0 aromatic heterocycles. The van der Waals surface area contributed by atoms with Crippen LogP contribution in [0.5, 0.6) is 0 Å². The maximum atomic E-state index is 13.0. The Bertz CT molecular complexity index is 1070. The zero-order valence-corrected chi connectivity index (χ0v) is 18.0. The Kier molecular flexibility index (Phi) is 6.18. The third-order valence-corrected chi connectivity index (χ3v) is 5.55. The van der Waals surface area contributed by atoms with Gasteiger partial charge in [0.2, 0.25) is 0 Å². The maximum Gasteiger partial charge on any atom is 0.258 e. The summed E-state index contributed by atoms with van der Waals surface area (Å²) < 4.78 is 0. The largest absolute Gasteiger partial charge is 0.271 e. The zero-order valence-electron chi connectivity index (χ0n) is 16.5. The van der Waals surface area contributed by atoms with Crippen LogP contribution in [-0.4, -0.2) is 28.1 Å². The van der Waals surface area contributed by atoms with Gasteiger partial charge in [0.25, 0.3) is 5.91 Å². The Morgan fingerprint density at radius 3 is 2.40 bits per heavy atom. The first-order chi connectivity index (χ1) is 14.5. The van der Waals surface area contributed by atoms with Crippen molar-refractivity contribution in [3.05, 3.63) is 106 Å². The van der Waals surface area contributed by atoms with Crippen molar-refractivity contribution in [3.63, 3.8) is 0 Å². The van der Waals surface area contributed by atoms with Crippen molar-refractivity contribution >= 4 is 34.8 Å². The molecule has 30 heavy (non-hydrogen) atoms. The highest BCUT2D eigenvalue weighted by Gasteiger charge is 2.39. The molecule has 0 N–H and O–H groups in total. The number of hydrogen-bond donors (Lipinski definition) is 0. The predicted molar refractivity (Wildman–Crippen MR) is 122 cm³/mol. The van der Waals surface area contributed by atoms with Crippen LogP contribution < -0.4 is 0 Å². The van der Waals surface area contributed by atoms with E-state index >= 15 is 0 Å². The van der Waals surface area contributed by atoms with Crippen LogP contribution >= 0.6 is 23.2 Å². The fraction of sp³-hybridized carbons (Fsp3) is 0.167. The molecule has 1 amide bonds. The molecule has 1 atom stereocenters. The van der Waals surface area contributed by atoms with Crippen LogP contribution in [0.1, 0.15) is 29.8 Å². The van der Waals surface area contributed by atoms with Gasteiger partial charge in [-0.1, -0.05) is 77.8 Å². The highest BCUT2D eigenvalue weighted by molar-refractivity contribution is 6.31. The standard InChI is InChI=1S/C24H21Cl2N3O/c1-17(19-10-12-21(25)13-11-19)27-29-23(30)16-28(15-18-6-3-2-4-7-18)24(29)20-8-5-9-22(26)14-20/h2-14,24H,15-16H2,1H3/t24-/m0/s1. The van der Waals surface area contributed by atoms with Crippen molar-refractivity contribution in [1.29, 1.82) is 0 Å². The second-order valence-corrected chi connectivity index (χ2v) is 8.12. The molecule has 1 aliphatic rings. The number of hydrazone groups is 1. The maximum absolute atomic E-state index is 13.0. The molecule has 4 nitrogen and oxygen atoms in total. The number of benzene rings is 3. The van der Waals surface area contributed by atoms with E-state index in [-0.39, 0.29) is 18.6 Å². The molecule has 0 saturated carbocycles. The molecular weight excluding hydrogens is 417 g/mol. The molecule has 0 bridgehead atoms. The first kappa shape index (κ1) is 20.6. The Morgan fingerprint density at radius 2 is 1.70 bits per heavy atom. The van der Waals surface area contributed by atoms with Gasteiger partial charge >= 0.3 is 0 Å². The predicted octanol–water partition coefficient (Wildman–Crippen LogP) is 5.76. The fourth-order valence-electron chi connectivity index (χ4n) is 3.62. The molecule has 0 radical (unpaired) electrons. The summed E-state index contributed by atoms with van der Waals surface area (Å²) in [6.45, 7) is 2.81. The number of halogens is 2. The first-order valence-electron chi connectivity index (χ1n) is 9.68. The SMILES string of the molecule is CC(=NN1C(=O)CN(Cc2ccccc2)[C@@H]1c1cccc(Cl)c1)c1ccc(Cl)cc1. The third-order valence-electron chi connectivity index (χ3n) is 5.07. The summed E-state index contributed by atoms with van der Waals surface area (Å²) in [5.74, 6) is -0.0516. The Hall–Kier alpha value is -2.66. The van der Waals surface area contributed by atoms with E-state index in [0.717, 1.165) is 22.4 Å². The minimum absolute atomic E-state index is 0.0516. The van der Waals surface area contributed by atoms with Gasteiger partial charge in [-0.3, -0.25) is 9.69 Å². The summed E-state index contributed by atoms with van der Waals surface area (Å²) in [5, 5.41) is 7.57. The average Bonchev–Trinajstić information content (AvgIpc) is 3.04. The number of rotatable bonds is 5. The van der Waals surface area contributed by atoms with Crippen molar-refractivity contribution in [2.75, 3.05) is 6.54 Å². The topological polar surface area (TPSA) is 35.9 Å². The molecule has 6 heteroatoms. The number of carbonyl (C=O) groups is 1. The van der Waals surface area contributed by atoms with Crippen LogP contribution in [-0.2, 0) is 11.3 Å². The lowest BCUT2D eigenvalue weighted by Gasteiger charge is -2.28. The van der Waals surface area contributed by atoms with E-state index in [1.54, 1.807) is 5.01 Å². The minimum Gasteiger partial charge on any atom is -0.271 e. The van der Waals surface area contributed by atoms with Crippen molar-refractivity contribution in [3.8, 4) is 0 Å². The summed E-state index contributed by atoms with van der Waals surface area (Å²) in [5.41, 5.74) is 3.72. The first-order valence-corrected chi connectivity index (χ1v) is 10.4. The molecular formula is C24H21Cl2N3O. The summed E-state index contributed by atoms with van der Waals surface area (Å²) >= 11 is 12.3. The van der Waals surface area contributed by atoms with E-state index in [1.165, 1.54) is 0 Å². The molecule has 1 heterocycles. The smallest absolute Gasteiger partial charge is 0.258 e. The molecule has 3 aromatic carbocycles. The fourth-order valence-corrected chi connectivity index (χ4v) is 3.95. The van der Waals surface area contributed by atoms with Crippen molar-refractivity contribution in [2.24, 2.45) is 5.10 Å². The van der Waals surface area contributed by atoms with Crippen molar-refractivity contribution < 1.29 is 4.79 Å². The van der Waals surface area contributed by atoms with Crippen molar-refractivity contribution in [1.82, 2.24) is 9.91 Å². The van der Waals surface area contributed by atoms with Crippen LogP contribution in [0.2, 0.25) is 10.0 Å². The van der Waals surface area contributed by atoms with Crippen molar-refractivity contribution in [2.45, 2.75) is 19.6 Å². The van der Waals surface area contributed by atoms with Gasteiger partial charge in [0.05, 0.1) is 12.3 Å². The molecule has 152 valence electrons. The summed E-state index contributed by atoms with van der Waals surface area (Å²) in [6, 6.07) is 25.1. The van der Waals surface area contributed by atoms with Crippen LogP contribution in [0.3, 0.4) is 0 Å². The lowest BCUT2D eigenvalue weighted by Crippen LogP contribution is -2.29. The summed E-state index contributed by atoms with van der Waals surface area (Å²) in [7, 11) is 0. The molecule has 0 unspecified atom stereocenters. The second kappa shape index (κ2) is 9.00. The number of nitrogens with zero attached hydrogens (tertiary/aromatic N) is 3. The number of hydrogen-bond acceptors (Lipinski definition) is 3. The van der Waals surface area contributed by atoms with Crippen LogP contribution in [0.25, 0.3) is 0 Å². The average molecular weight is 438 g/mol. The summed E-state index contributed by atoms with van der Waals surface area (Å²) in [6.07, 6.45) is -0.335. The lowest BCUT2D eigenvalue weighted by molar-refractivity contribution is -0.128. The highest BCUT2D eigenvalue weighted by atomic mass is 35.5. The van der Waals surface area contributed by atoms with Crippen LogP contribution in [0.4, 0.5) is 0 Å². The molecule has 1 aliphatic heterocycles.